The topological polar surface area (TPSA) is 63.9 Å². The van der Waals surface area contributed by atoms with Crippen molar-refractivity contribution >= 4 is 5.82 Å². The molecule has 0 aliphatic carbocycles. The highest BCUT2D eigenvalue weighted by Crippen LogP contribution is 2.35. The Morgan fingerprint density at radius 2 is 1.76 bits per heavy atom. The first kappa shape index (κ1) is 15.3. The summed E-state index contributed by atoms with van der Waals surface area (Å²) >= 11 is 0. The van der Waals surface area contributed by atoms with Gasteiger partial charge in [0.1, 0.15) is 5.75 Å². The van der Waals surface area contributed by atoms with Crippen molar-refractivity contribution in [2.75, 3.05) is 5.73 Å². The molecule has 0 saturated carbocycles. The summed E-state index contributed by atoms with van der Waals surface area (Å²) in [7, 11) is 0. The maximum atomic E-state index is 12.2. The minimum absolute atomic E-state index is 0.120. The number of nitrogens with two attached hydrogens (primary N) is 1. The fourth-order valence-corrected chi connectivity index (χ4v) is 2.14. The number of hydrogen-bond donors (Lipinski definition) is 2. The molecule has 0 amide bonds. The van der Waals surface area contributed by atoms with Crippen molar-refractivity contribution < 1.29 is 13.5 Å². The zero-order valence-electron chi connectivity index (χ0n) is 12.2. The van der Waals surface area contributed by atoms with E-state index in [1.165, 1.54) is 12.1 Å². The Morgan fingerprint density at radius 1 is 1.14 bits per heavy atom. The van der Waals surface area contributed by atoms with E-state index in [0.29, 0.717) is 11.7 Å². The Kier molecular flexibility index (Phi) is 4.45. The average molecular weight is 295 g/mol. The number of nitrogens with zero attached hydrogens (tertiary/aromatic N) is 1. The summed E-state index contributed by atoms with van der Waals surface area (Å²) in [6, 6.07) is 6.40. The molecular formula is C15H19F2N3O. The number of H-pyrrole nitrogens is 1. The van der Waals surface area contributed by atoms with Gasteiger partial charge in [-0.3, -0.25) is 5.10 Å². The van der Waals surface area contributed by atoms with Crippen LogP contribution in [0.5, 0.6) is 5.75 Å². The molecule has 1 aromatic carbocycles. The molecule has 2 rings (SSSR count). The molecule has 0 fully saturated rings. The van der Waals surface area contributed by atoms with Gasteiger partial charge in [0, 0.05) is 17.2 Å². The molecule has 114 valence electrons. The van der Waals surface area contributed by atoms with Crippen LogP contribution in [-0.2, 0) is 0 Å². The van der Waals surface area contributed by atoms with E-state index in [0.717, 1.165) is 16.8 Å². The lowest BCUT2D eigenvalue weighted by Gasteiger charge is -2.16. The molecule has 1 aromatic heterocycles. The van der Waals surface area contributed by atoms with Crippen LogP contribution in [0.1, 0.15) is 32.4 Å². The monoisotopic (exact) mass is 295 g/mol. The summed E-state index contributed by atoms with van der Waals surface area (Å²) in [6.45, 7) is 3.50. The molecule has 0 saturated heterocycles. The van der Waals surface area contributed by atoms with Crippen molar-refractivity contribution in [3.63, 3.8) is 0 Å². The van der Waals surface area contributed by atoms with Crippen LogP contribution < -0.4 is 10.5 Å². The first-order chi connectivity index (χ1) is 9.90. The van der Waals surface area contributed by atoms with Crippen LogP contribution in [0.4, 0.5) is 14.6 Å². The highest BCUT2D eigenvalue weighted by atomic mass is 19.3. The summed E-state index contributed by atoms with van der Waals surface area (Å²) < 4.78 is 28.7. The second-order valence-electron chi connectivity index (χ2n) is 5.33. The molecule has 3 N–H and O–H groups in total. The lowest BCUT2D eigenvalue weighted by molar-refractivity contribution is -0.0498. The van der Waals surface area contributed by atoms with Crippen LogP contribution in [0.25, 0.3) is 11.1 Å². The van der Waals surface area contributed by atoms with Crippen molar-refractivity contribution in [2.45, 2.75) is 33.3 Å². The number of hydrogen-bond acceptors (Lipinski definition) is 3. The van der Waals surface area contributed by atoms with E-state index < -0.39 is 6.61 Å². The highest BCUT2D eigenvalue weighted by Gasteiger charge is 2.20. The lowest BCUT2D eigenvalue weighted by atomic mass is 9.90. The number of aromatic nitrogens is 2. The zero-order valence-corrected chi connectivity index (χ0v) is 12.2. The van der Waals surface area contributed by atoms with Crippen molar-refractivity contribution in [3.8, 4) is 16.9 Å². The van der Waals surface area contributed by atoms with Gasteiger partial charge in [-0.15, -0.1) is 0 Å². The second-order valence-corrected chi connectivity index (χ2v) is 5.33. The van der Waals surface area contributed by atoms with Crippen molar-refractivity contribution in [1.29, 1.82) is 0 Å². The van der Waals surface area contributed by atoms with Crippen LogP contribution in [-0.4, -0.2) is 16.8 Å². The standard InChI is InChI=1S/C15H19F2N3O/c1-8(2)9(3)13-12(14(18)20-19-13)10-4-6-11(7-5-10)21-15(16)17/h4-9,15H,1-3H3,(H3,18,19,20). The largest absolute Gasteiger partial charge is 0.435 e. The Balaban J connectivity index is 2.35. The molecule has 6 heteroatoms. The minimum Gasteiger partial charge on any atom is -0.435 e. The molecular weight excluding hydrogens is 276 g/mol. The molecule has 4 nitrogen and oxygen atoms in total. The Morgan fingerprint density at radius 3 is 2.29 bits per heavy atom. The van der Waals surface area contributed by atoms with Gasteiger partial charge in [0.15, 0.2) is 5.82 Å². The van der Waals surface area contributed by atoms with E-state index in [4.69, 9.17) is 5.73 Å². The Hall–Kier alpha value is -2.11. The molecule has 1 heterocycles. The molecule has 0 spiro atoms. The molecule has 1 unspecified atom stereocenters. The predicted octanol–water partition coefficient (Wildman–Crippen LogP) is 4.02. The number of alkyl halides is 2. The third kappa shape index (κ3) is 3.32. The second kappa shape index (κ2) is 6.11. The molecule has 21 heavy (non-hydrogen) atoms. The van der Waals surface area contributed by atoms with E-state index in [-0.39, 0.29) is 11.7 Å². The van der Waals surface area contributed by atoms with E-state index in [9.17, 15) is 8.78 Å². The lowest BCUT2D eigenvalue weighted by Crippen LogP contribution is -2.04. The molecule has 0 aliphatic heterocycles. The smallest absolute Gasteiger partial charge is 0.387 e. The number of benzene rings is 1. The van der Waals surface area contributed by atoms with Gasteiger partial charge in [0.2, 0.25) is 0 Å². The van der Waals surface area contributed by atoms with E-state index in [1.54, 1.807) is 12.1 Å². The van der Waals surface area contributed by atoms with Gasteiger partial charge in [-0.05, 0) is 23.6 Å². The molecule has 0 radical (unpaired) electrons. The fourth-order valence-electron chi connectivity index (χ4n) is 2.14. The first-order valence-electron chi connectivity index (χ1n) is 6.79. The van der Waals surface area contributed by atoms with E-state index in [1.807, 2.05) is 0 Å². The number of aromatic amines is 1. The summed E-state index contributed by atoms with van der Waals surface area (Å²) in [5.74, 6) is 1.20. The van der Waals surface area contributed by atoms with Crippen LogP contribution in [0.3, 0.4) is 0 Å². The van der Waals surface area contributed by atoms with Crippen LogP contribution >= 0.6 is 0 Å². The van der Waals surface area contributed by atoms with Gasteiger partial charge >= 0.3 is 6.61 Å². The minimum atomic E-state index is -2.83. The highest BCUT2D eigenvalue weighted by molar-refractivity contribution is 5.77. The quantitative estimate of drug-likeness (QED) is 0.875. The van der Waals surface area contributed by atoms with E-state index >= 15 is 0 Å². The number of anilines is 1. The maximum Gasteiger partial charge on any atom is 0.387 e. The third-order valence-corrected chi connectivity index (χ3v) is 3.65. The van der Waals surface area contributed by atoms with Gasteiger partial charge in [0.25, 0.3) is 0 Å². The van der Waals surface area contributed by atoms with Gasteiger partial charge in [-0.1, -0.05) is 32.9 Å². The predicted molar refractivity (Wildman–Crippen MR) is 78.3 cm³/mol. The number of halogens is 2. The molecule has 2 aromatic rings. The van der Waals surface area contributed by atoms with Crippen molar-refractivity contribution in [2.24, 2.45) is 5.92 Å². The molecule has 0 bridgehead atoms. The SMILES string of the molecule is CC(C)C(C)c1[nH]nc(N)c1-c1ccc(OC(F)F)cc1. The van der Waals surface area contributed by atoms with Crippen molar-refractivity contribution in [3.05, 3.63) is 30.0 Å². The number of nitrogens with one attached hydrogen (secondary N) is 1. The first-order valence-corrected chi connectivity index (χ1v) is 6.79. The van der Waals surface area contributed by atoms with Gasteiger partial charge < -0.3 is 10.5 Å². The van der Waals surface area contributed by atoms with Crippen LogP contribution in [0.2, 0.25) is 0 Å². The Labute approximate surface area is 122 Å². The number of nitrogen functional groups attached to an aromatic ring is 1. The number of rotatable bonds is 5. The van der Waals surface area contributed by atoms with Crippen LogP contribution in [0.15, 0.2) is 24.3 Å². The maximum absolute atomic E-state index is 12.2. The van der Waals surface area contributed by atoms with Crippen LogP contribution in [0, 0.1) is 5.92 Å². The summed E-state index contributed by atoms with van der Waals surface area (Å²) in [6.07, 6.45) is 0. The van der Waals surface area contributed by atoms with Crippen molar-refractivity contribution in [1.82, 2.24) is 10.2 Å². The third-order valence-electron chi connectivity index (χ3n) is 3.65. The summed E-state index contributed by atoms with van der Waals surface area (Å²) in [4.78, 5) is 0. The summed E-state index contributed by atoms with van der Waals surface area (Å²) in [5.41, 5.74) is 8.53. The van der Waals surface area contributed by atoms with Gasteiger partial charge in [-0.25, -0.2) is 0 Å². The van der Waals surface area contributed by atoms with E-state index in [2.05, 4.69) is 35.7 Å². The van der Waals surface area contributed by atoms with Gasteiger partial charge in [-0.2, -0.15) is 13.9 Å². The fraction of sp³-hybridized carbons (Fsp3) is 0.400. The normalized spacial score (nSPS) is 12.9. The number of ether oxygens (including phenoxy) is 1. The molecule has 1 atom stereocenters. The Bertz CT molecular complexity index is 593. The molecule has 0 aliphatic rings. The zero-order chi connectivity index (χ0) is 15.6. The average Bonchev–Trinajstić information content (AvgIpc) is 2.80. The van der Waals surface area contributed by atoms with Gasteiger partial charge in [0.05, 0.1) is 0 Å². The summed E-state index contributed by atoms with van der Waals surface area (Å²) in [5, 5.41) is 7.04.